The second kappa shape index (κ2) is 8.01. The van der Waals surface area contributed by atoms with Crippen molar-refractivity contribution < 1.29 is 14.3 Å². The summed E-state index contributed by atoms with van der Waals surface area (Å²) in [5.41, 5.74) is 0.236. The fourth-order valence-electron chi connectivity index (χ4n) is 2.53. The molecule has 1 N–H and O–H groups in total. The maximum absolute atomic E-state index is 12.4. The number of fused-ring (bicyclic) bond motifs is 1. The molecule has 27 heavy (non-hydrogen) atoms. The quantitative estimate of drug-likeness (QED) is 0.682. The van der Waals surface area contributed by atoms with Gasteiger partial charge in [0, 0.05) is 22.6 Å². The third kappa shape index (κ3) is 4.15. The van der Waals surface area contributed by atoms with Crippen molar-refractivity contribution in [2.24, 2.45) is 0 Å². The first-order valence-corrected chi connectivity index (χ1v) is 8.59. The lowest BCUT2D eigenvalue weighted by atomic mass is 10.1. The number of halogens is 1. The van der Waals surface area contributed by atoms with Crippen LogP contribution < -0.4 is 10.9 Å². The monoisotopic (exact) mass is 385 g/mol. The Hall–Kier alpha value is -3.19. The minimum absolute atomic E-state index is 0.00802. The molecule has 2 aromatic carbocycles. The molecule has 3 aromatic rings. The van der Waals surface area contributed by atoms with Gasteiger partial charge in [0.15, 0.2) is 12.3 Å². The van der Waals surface area contributed by atoms with Crippen molar-refractivity contribution in [2.45, 2.75) is 13.5 Å². The molecule has 0 aliphatic heterocycles. The molecule has 0 aliphatic rings. The Morgan fingerprint density at radius 1 is 1.11 bits per heavy atom. The fourth-order valence-corrected chi connectivity index (χ4v) is 2.66. The number of rotatable bonds is 5. The number of ether oxygens (including phenoxy) is 1. The second-order valence-corrected chi connectivity index (χ2v) is 6.08. The Labute approximate surface area is 159 Å². The molecule has 0 radical (unpaired) electrons. The van der Waals surface area contributed by atoms with Gasteiger partial charge in [-0.2, -0.15) is 5.10 Å². The Morgan fingerprint density at radius 2 is 1.78 bits per heavy atom. The first-order valence-electron chi connectivity index (χ1n) is 8.22. The summed E-state index contributed by atoms with van der Waals surface area (Å²) in [6.45, 7) is 1.57. The molecule has 0 aliphatic carbocycles. The number of aromatic nitrogens is 2. The molecular formula is C19H16ClN3O4. The van der Waals surface area contributed by atoms with Crippen LogP contribution in [0.2, 0.25) is 5.02 Å². The molecular weight excluding hydrogens is 370 g/mol. The number of carbonyl (C=O) groups excluding carboxylic acids is 2. The number of esters is 1. The minimum Gasteiger partial charge on any atom is -0.451 e. The molecule has 3 rings (SSSR count). The number of anilines is 1. The van der Waals surface area contributed by atoms with Crippen LogP contribution in [0.25, 0.3) is 10.8 Å². The third-order valence-electron chi connectivity index (χ3n) is 3.82. The van der Waals surface area contributed by atoms with Gasteiger partial charge in [0.2, 0.25) is 0 Å². The zero-order chi connectivity index (χ0) is 19.4. The van der Waals surface area contributed by atoms with Crippen molar-refractivity contribution in [1.29, 1.82) is 0 Å². The highest BCUT2D eigenvalue weighted by Crippen LogP contribution is 2.15. The van der Waals surface area contributed by atoms with Gasteiger partial charge in [-0.25, -0.2) is 9.48 Å². The normalized spacial score (nSPS) is 10.6. The van der Waals surface area contributed by atoms with Crippen LogP contribution in [0.15, 0.2) is 53.3 Å². The molecule has 1 aromatic heterocycles. The molecule has 0 saturated heterocycles. The lowest BCUT2D eigenvalue weighted by molar-refractivity contribution is -0.119. The number of carbonyl (C=O) groups is 2. The van der Waals surface area contributed by atoms with E-state index in [-0.39, 0.29) is 11.3 Å². The zero-order valence-electron chi connectivity index (χ0n) is 14.4. The highest BCUT2D eigenvalue weighted by atomic mass is 35.5. The highest BCUT2D eigenvalue weighted by molar-refractivity contribution is 6.30. The minimum atomic E-state index is -0.778. The van der Waals surface area contributed by atoms with E-state index in [4.69, 9.17) is 16.3 Å². The number of hydrogen-bond acceptors (Lipinski definition) is 5. The van der Waals surface area contributed by atoms with Crippen LogP contribution >= 0.6 is 11.6 Å². The average Bonchev–Trinajstić information content (AvgIpc) is 2.68. The van der Waals surface area contributed by atoms with Gasteiger partial charge in [-0.05, 0) is 37.3 Å². The van der Waals surface area contributed by atoms with Crippen LogP contribution in [0.3, 0.4) is 0 Å². The molecule has 1 amide bonds. The van der Waals surface area contributed by atoms with Crippen molar-refractivity contribution in [1.82, 2.24) is 9.78 Å². The number of benzene rings is 2. The van der Waals surface area contributed by atoms with Gasteiger partial charge in [-0.15, -0.1) is 0 Å². The van der Waals surface area contributed by atoms with Gasteiger partial charge < -0.3 is 10.1 Å². The van der Waals surface area contributed by atoms with Crippen LogP contribution in [-0.4, -0.2) is 28.3 Å². The lowest BCUT2D eigenvalue weighted by Crippen LogP contribution is -2.27. The summed E-state index contributed by atoms with van der Waals surface area (Å²) in [5.74, 6) is -1.28. The molecule has 0 bridgehead atoms. The van der Waals surface area contributed by atoms with Crippen LogP contribution in [0.1, 0.15) is 17.4 Å². The second-order valence-electron chi connectivity index (χ2n) is 5.65. The smallest absolute Gasteiger partial charge is 0.359 e. The van der Waals surface area contributed by atoms with E-state index in [9.17, 15) is 14.4 Å². The summed E-state index contributed by atoms with van der Waals surface area (Å²) in [4.78, 5) is 36.7. The molecule has 1 heterocycles. The van der Waals surface area contributed by atoms with Gasteiger partial charge in [0.25, 0.3) is 11.5 Å². The van der Waals surface area contributed by atoms with Crippen molar-refractivity contribution in [3.05, 3.63) is 69.6 Å². The number of aryl methyl sites for hydroxylation is 1. The summed E-state index contributed by atoms with van der Waals surface area (Å²) in [6.07, 6.45) is 0. The number of hydrogen-bond donors (Lipinski definition) is 1. The van der Waals surface area contributed by atoms with Crippen LogP contribution in [0.4, 0.5) is 5.69 Å². The van der Waals surface area contributed by atoms with Gasteiger partial charge in [-0.1, -0.05) is 29.8 Å². The maximum Gasteiger partial charge on any atom is 0.359 e. The highest BCUT2D eigenvalue weighted by Gasteiger charge is 2.18. The van der Waals surface area contributed by atoms with E-state index >= 15 is 0 Å². The molecule has 0 atom stereocenters. The Kier molecular flexibility index (Phi) is 5.52. The number of nitrogens with zero attached hydrogens (tertiary/aromatic N) is 2. The molecule has 0 saturated carbocycles. The molecule has 8 heteroatoms. The Balaban J connectivity index is 1.76. The van der Waals surface area contributed by atoms with Gasteiger partial charge in [0.05, 0.1) is 5.39 Å². The van der Waals surface area contributed by atoms with Crippen molar-refractivity contribution >= 4 is 39.9 Å². The van der Waals surface area contributed by atoms with E-state index in [0.717, 1.165) is 0 Å². The van der Waals surface area contributed by atoms with Crippen LogP contribution in [0, 0.1) is 0 Å². The van der Waals surface area contributed by atoms with Crippen molar-refractivity contribution in [3.63, 3.8) is 0 Å². The molecule has 0 fully saturated rings. The molecule has 7 nitrogen and oxygen atoms in total. The largest absolute Gasteiger partial charge is 0.451 e. The Bertz CT molecular complexity index is 1060. The van der Waals surface area contributed by atoms with Gasteiger partial charge >= 0.3 is 5.97 Å². The van der Waals surface area contributed by atoms with E-state index < -0.39 is 18.5 Å². The Morgan fingerprint density at radius 3 is 2.44 bits per heavy atom. The van der Waals surface area contributed by atoms with Crippen molar-refractivity contribution in [2.75, 3.05) is 11.9 Å². The average molecular weight is 386 g/mol. The van der Waals surface area contributed by atoms with E-state index in [0.29, 0.717) is 28.0 Å². The third-order valence-corrected chi connectivity index (χ3v) is 4.07. The van der Waals surface area contributed by atoms with Crippen molar-refractivity contribution in [3.8, 4) is 0 Å². The number of amides is 1. The van der Waals surface area contributed by atoms with Crippen LogP contribution in [0.5, 0.6) is 0 Å². The first kappa shape index (κ1) is 18.6. The number of nitrogens with one attached hydrogen (secondary N) is 1. The summed E-state index contributed by atoms with van der Waals surface area (Å²) in [7, 11) is 0. The lowest BCUT2D eigenvalue weighted by Gasteiger charge is -2.10. The predicted molar refractivity (Wildman–Crippen MR) is 102 cm³/mol. The van der Waals surface area contributed by atoms with E-state index in [1.165, 1.54) is 4.68 Å². The molecule has 0 spiro atoms. The summed E-state index contributed by atoms with van der Waals surface area (Å²) in [5, 5.41) is 7.97. The van der Waals surface area contributed by atoms with Crippen LogP contribution in [-0.2, 0) is 16.1 Å². The maximum atomic E-state index is 12.4. The fraction of sp³-hybridized carbons (Fsp3) is 0.158. The van der Waals surface area contributed by atoms with E-state index in [2.05, 4.69) is 10.4 Å². The summed E-state index contributed by atoms with van der Waals surface area (Å²) < 4.78 is 6.27. The van der Waals surface area contributed by atoms with E-state index in [1.807, 2.05) is 0 Å². The van der Waals surface area contributed by atoms with Gasteiger partial charge in [-0.3, -0.25) is 9.59 Å². The molecule has 138 valence electrons. The summed E-state index contributed by atoms with van der Waals surface area (Å²) >= 11 is 5.79. The first-order chi connectivity index (χ1) is 13.0. The summed E-state index contributed by atoms with van der Waals surface area (Å²) in [6, 6.07) is 13.2. The standard InChI is InChI=1S/C19H16ClN3O4/c1-2-23-18(25)15-6-4-3-5-14(15)17(22-23)19(26)27-11-16(24)21-13-9-7-12(20)8-10-13/h3-10H,2,11H2,1H3,(H,21,24). The zero-order valence-corrected chi connectivity index (χ0v) is 15.2. The van der Waals surface area contributed by atoms with Gasteiger partial charge in [0.1, 0.15) is 0 Å². The SMILES string of the molecule is CCn1nc(C(=O)OCC(=O)Nc2ccc(Cl)cc2)c2ccccc2c1=O. The topological polar surface area (TPSA) is 90.3 Å². The van der Waals surface area contributed by atoms with E-state index in [1.54, 1.807) is 55.5 Å². The predicted octanol–water partition coefficient (Wildman–Crippen LogP) is 2.87. The molecule has 0 unspecified atom stereocenters.